The lowest BCUT2D eigenvalue weighted by Crippen LogP contribution is -2.23. The van der Waals surface area contributed by atoms with Gasteiger partial charge >= 0.3 is 0 Å². The lowest BCUT2D eigenvalue weighted by Gasteiger charge is -2.17. The number of rotatable bonds is 7. The van der Waals surface area contributed by atoms with Crippen molar-refractivity contribution in [3.8, 4) is 11.5 Å². The zero-order valence-electron chi connectivity index (χ0n) is 17.5. The highest BCUT2D eigenvalue weighted by atomic mass is 32.2. The van der Waals surface area contributed by atoms with Crippen LogP contribution in [-0.2, 0) is 4.79 Å². The van der Waals surface area contributed by atoms with Crippen molar-refractivity contribution < 1.29 is 9.21 Å². The summed E-state index contributed by atoms with van der Waals surface area (Å²) in [5.41, 5.74) is 5.18. The van der Waals surface area contributed by atoms with Crippen molar-refractivity contribution in [2.45, 2.75) is 57.4 Å². The van der Waals surface area contributed by atoms with Crippen LogP contribution in [0.5, 0.6) is 0 Å². The molecule has 1 heterocycles. The van der Waals surface area contributed by atoms with Crippen LogP contribution in [0.4, 0.5) is 5.69 Å². The number of benzene rings is 2. The van der Waals surface area contributed by atoms with Crippen LogP contribution in [0.1, 0.15) is 49.8 Å². The van der Waals surface area contributed by atoms with E-state index in [1.807, 2.05) is 51.1 Å². The molecule has 0 unspecified atom stereocenters. The minimum Gasteiger partial charge on any atom is -0.411 e. The number of para-hydroxylation sites is 1. The van der Waals surface area contributed by atoms with Crippen molar-refractivity contribution in [3.05, 3.63) is 59.2 Å². The van der Waals surface area contributed by atoms with Crippen LogP contribution in [0.2, 0.25) is 0 Å². The number of amides is 1. The number of carbonyl (C=O) groups is 1. The van der Waals surface area contributed by atoms with Gasteiger partial charge in [0.15, 0.2) is 0 Å². The molecule has 152 valence electrons. The Morgan fingerprint density at radius 1 is 1.10 bits per heavy atom. The van der Waals surface area contributed by atoms with E-state index in [1.165, 1.54) is 11.8 Å². The Balaban J connectivity index is 1.69. The van der Waals surface area contributed by atoms with Gasteiger partial charge < -0.3 is 9.73 Å². The van der Waals surface area contributed by atoms with Gasteiger partial charge in [-0.05, 0) is 56.9 Å². The molecule has 29 heavy (non-hydrogen) atoms. The number of nitrogens with zero attached hydrogens (tertiary/aromatic N) is 2. The molecule has 0 spiro atoms. The van der Waals surface area contributed by atoms with Crippen molar-refractivity contribution in [2.75, 3.05) is 5.32 Å². The minimum absolute atomic E-state index is 0.0862. The number of thioether (sulfide) groups is 1. The van der Waals surface area contributed by atoms with Crippen LogP contribution >= 0.6 is 11.8 Å². The summed E-state index contributed by atoms with van der Waals surface area (Å²) in [6, 6.07) is 14.1. The Hall–Kier alpha value is -2.60. The molecule has 0 saturated carbocycles. The van der Waals surface area contributed by atoms with E-state index in [2.05, 4.69) is 41.5 Å². The summed E-state index contributed by atoms with van der Waals surface area (Å²) in [5.74, 6) is 0.761. The Labute approximate surface area is 176 Å². The zero-order valence-corrected chi connectivity index (χ0v) is 18.3. The number of anilines is 1. The van der Waals surface area contributed by atoms with Gasteiger partial charge in [0.1, 0.15) is 0 Å². The molecule has 2 atom stereocenters. The van der Waals surface area contributed by atoms with Crippen LogP contribution in [0.3, 0.4) is 0 Å². The van der Waals surface area contributed by atoms with Gasteiger partial charge in [-0.1, -0.05) is 61.0 Å². The molecular weight excluding hydrogens is 382 g/mol. The summed E-state index contributed by atoms with van der Waals surface area (Å²) in [6.07, 6.45) is 1.01. The van der Waals surface area contributed by atoms with Gasteiger partial charge in [0, 0.05) is 11.3 Å². The minimum atomic E-state index is -0.368. The highest BCUT2D eigenvalue weighted by Gasteiger charge is 2.20. The average molecular weight is 410 g/mol. The molecule has 1 aromatic heterocycles. The van der Waals surface area contributed by atoms with E-state index in [9.17, 15) is 4.79 Å². The molecule has 0 radical (unpaired) electrons. The fraction of sp³-hybridized carbons (Fsp3) is 0.348. The standard InChI is InChI=1S/C23H27N3O2S/c1-6-16(4)19-9-7-8-10-20(19)24-21(27)17(5)29-23-26-25-22(28-23)18-12-14(2)11-15(3)13-18/h7-13,16-17H,6H2,1-5H3,(H,24,27)/t16-,17+/m0/s1. The molecule has 5 nitrogen and oxygen atoms in total. The van der Waals surface area contributed by atoms with Crippen LogP contribution in [0.15, 0.2) is 52.1 Å². The fourth-order valence-electron chi connectivity index (χ4n) is 3.17. The molecular formula is C23H27N3O2S. The highest BCUT2D eigenvalue weighted by molar-refractivity contribution is 8.00. The predicted molar refractivity (Wildman–Crippen MR) is 118 cm³/mol. The van der Waals surface area contributed by atoms with E-state index in [-0.39, 0.29) is 11.2 Å². The first-order valence-corrected chi connectivity index (χ1v) is 10.7. The van der Waals surface area contributed by atoms with E-state index in [4.69, 9.17) is 4.42 Å². The second-order valence-corrected chi connectivity index (χ2v) is 8.69. The summed E-state index contributed by atoms with van der Waals surface area (Å²) in [4.78, 5) is 12.7. The van der Waals surface area contributed by atoms with Crippen molar-refractivity contribution in [3.63, 3.8) is 0 Å². The van der Waals surface area contributed by atoms with Crippen LogP contribution in [0.25, 0.3) is 11.5 Å². The summed E-state index contributed by atoms with van der Waals surface area (Å²) >= 11 is 1.26. The van der Waals surface area contributed by atoms with Gasteiger partial charge in [0.2, 0.25) is 11.8 Å². The number of aryl methyl sites for hydroxylation is 2. The number of nitrogens with one attached hydrogen (secondary N) is 1. The van der Waals surface area contributed by atoms with E-state index >= 15 is 0 Å². The molecule has 0 aliphatic carbocycles. The molecule has 1 N–H and O–H groups in total. The molecule has 0 aliphatic heterocycles. The third-order valence-electron chi connectivity index (χ3n) is 4.88. The Bertz CT molecular complexity index is 979. The van der Waals surface area contributed by atoms with Crippen LogP contribution < -0.4 is 5.32 Å². The summed E-state index contributed by atoms with van der Waals surface area (Å²) < 4.78 is 5.79. The van der Waals surface area contributed by atoms with Crippen LogP contribution in [-0.4, -0.2) is 21.4 Å². The fourth-order valence-corrected chi connectivity index (χ4v) is 3.86. The molecule has 2 aromatic carbocycles. The van der Waals surface area contributed by atoms with Gasteiger partial charge in [-0.2, -0.15) is 0 Å². The van der Waals surface area contributed by atoms with E-state index in [1.54, 1.807) is 0 Å². The summed E-state index contributed by atoms with van der Waals surface area (Å²) in [6.45, 7) is 10.2. The van der Waals surface area contributed by atoms with Crippen molar-refractivity contribution in [1.82, 2.24) is 10.2 Å². The second-order valence-electron chi connectivity index (χ2n) is 7.40. The Kier molecular flexibility index (Phi) is 6.75. The normalized spacial score (nSPS) is 13.1. The molecule has 1 amide bonds. The molecule has 6 heteroatoms. The Morgan fingerprint density at radius 2 is 1.79 bits per heavy atom. The maximum atomic E-state index is 12.7. The SMILES string of the molecule is CC[C@H](C)c1ccccc1NC(=O)[C@@H](C)Sc1nnc(-c2cc(C)cc(C)c2)o1. The first kappa shape index (κ1) is 21.1. The third kappa shape index (κ3) is 5.26. The summed E-state index contributed by atoms with van der Waals surface area (Å²) in [7, 11) is 0. The Morgan fingerprint density at radius 3 is 2.48 bits per heavy atom. The van der Waals surface area contributed by atoms with E-state index < -0.39 is 0 Å². The van der Waals surface area contributed by atoms with Gasteiger partial charge in [0.25, 0.3) is 5.22 Å². The smallest absolute Gasteiger partial charge is 0.277 e. The third-order valence-corrected chi connectivity index (χ3v) is 5.82. The number of carbonyl (C=O) groups excluding carboxylic acids is 1. The predicted octanol–water partition coefficient (Wildman–Crippen LogP) is 5.99. The molecule has 0 saturated heterocycles. The quantitative estimate of drug-likeness (QED) is 0.486. The number of hydrogen-bond donors (Lipinski definition) is 1. The molecule has 3 rings (SSSR count). The lowest BCUT2D eigenvalue weighted by molar-refractivity contribution is -0.115. The van der Waals surface area contributed by atoms with Crippen molar-refractivity contribution >= 4 is 23.4 Å². The first-order chi connectivity index (χ1) is 13.9. The lowest BCUT2D eigenvalue weighted by atomic mass is 9.97. The number of hydrogen-bond acceptors (Lipinski definition) is 5. The molecule has 3 aromatic rings. The molecule has 0 bridgehead atoms. The number of aromatic nitrogens is 2. The monoisotopic (exact) mass is 409 g/mol. The van der Waals surface area contributed by atoms with E-state index in [0.29, 0.717) is 17.0 Å². The van der Waals surface area contributed by atoms with Gasteiger partial charge in [0.05, 0.1) is 5.25 Å². The van der Waals surface area contributed by atoms with Gasteiger partial charge in [-0.3, -0.25) is 4.79 Å². The van der Waals surface area contributed by atoms with Gasteiger partial charge in [-0.15, -0.1) is 10.2 Å². The average Bonchev–Trinajstić information content (AvgIpc) is 3.15. The van der Waals surface area contributed by atoms with Crippen molar-refractivity contribution in [1.29, 1.82) is 0 Å². The zero-order chi connectivity index (χ0) is 21.0. The maximum absolute atomic E-state index is 12.7. The molecule has 0 fully saturated rings. The first-order valence-electron chi connectivity index (χ1n) is 9.86. The van der Waals surface area contributed by atoms with Crippen molar-refractivity contribution in [2.24, 2.45) is 0 Å². The van der Waals surface area contributed by atoms with E-state index in [0.717, 1.165) is 34.4 Å². The molecule has 0 aliphatic rings. The van der Waals surface area contributed by atoms with Crippen LogP contribution in [0, 0.1) is 13.8 Å². The topological polar surface area (TPSA) is 68.0 Å². The maximum Gasteiger partial charge on any atom is 0.277 e. The highest BCUT2D eigenvalue weighted by Crippen LogP contribution is 2.30. The summed E-state index contributed by atoms with van der Waals surface area (Å²) in [5, 5.41) is 11.3. The second kappa shape index (κ2) is 9.27. The van der Waals surface area contributed by atoms with Gasteiger partial charge in [-0.25, -0.2) is 0 Å². The largest absolute Gasteiger partial charge is 0.411 e.